The van der Waals surface area contributed by atoms with Crippen molar-refractivity contribution >= 4 is 23.8 Å². The zero-order chi connectivity index (χ0) is 21.6. The Kier molecular flexibility index (Phi) is 7.13. The smallest absolute Gasteiger partial charge is 0.355 e. The number of methoxy groups -OCH3 is 1. The number of aryl methyl sites for hydroxylation is 1. The number of hydrogen-bond acceptors (Lipinski definition) is 7. The molecule has 9 nitrogen and oxygen atoms in total. The van der Waals surface area contributed by atoms with Gasteiger partial charge in [0.15, 0.2) is 6.61 Å². The molecule has 0 radical (unpaired) electrons. The molecule has 0 fully saturated rings. The number of H-pyrrole nitrogens is 1. The van der Waals surface area contributed by atoms with E-state index in [2.05, 4.69) is 10.3 Å². The number of carbonyl (C=O) groups excluding carboxylic acids is 4. The molecule has 0 atom stereocenters. The molecule has 0 aliphatic rings. The Morgan fingerprint density at radius 1 is 1.00 bits per heavy atom. The fourth-order valence-electron chi connectivity index (χ4n) is 2.64. The molecule has 0 aliphatic heterocycles. The normalized spacial score (nSPS) is 10.2. The van der Waals surface area contributed by atoms with Crippen LogP contribution in [0.2, 0.25) is 0 Å². The average molecular weight is 402 g/mol. The molecule has 0 saturated heterocycles. The maximum atomic E-state index is 12.3. The van der Waals surface area contributed by atoms with Gasteiger partial charge in [0, 0.05) is 11.3 Å². The first kappa shape index (κ1) is 21.7. The number of aromatic nitrogens is 1. The highest BCUT2D eigenvalue weighted by Gasteiger charge is 2.24. The largest absolute Gasteiger partial charge is 0.497 e. The topological polar surface area (TPSA) is 124 Å². The molecule has 2 rings (SSSR count). The number of benzene rings is 1. The number of aromatic amines is 1. The molecule has 2 N–H and O–H groups in total. The van der Waals surface area contributed by atoms with E-state index in [0.717, 1.165) is 0 Å². The van der Waals surface area contributed by atoms with Crippen LogP contribution in [0.4, 0.5) is 0 Å². The first-order valence-electron chi connectivity index (χ1n) is 8.80. The summed E-state index contributed by atoms with van der Waals surface area (Å²) in [5, 5.41) is 2.13. The van der Waals surface area contributed by atoms with Crippen LogP contribution in [-0.4, -0.2) is 49.1 Å². The third kappa shape index (κ3) is 5.22. The summed E-state index contributed by atoms with van der Waals surface area (Å²) >= 11 is 0. The molecule has 0 unspecified atom stereocenters. The van der Waals surface area contributed by atoms with Crippen molar-refractivity contribution in [3.8, 4) is 5.75 Å². The molecule has 2 amide bonds. The Morgan fingerprint density at radius 2 is 1.66 bits per heavy atom. The summed E-state index contributed by atoms with van der Waals surface area (Å²) in [5.41, 5.74) is 1.31. The van der Waals surface area contributed by atoms with Gasteiger partial charge in [0.1, 0.15) is 11.4 Å². The predicted octanol–water partition coefficient (Wildman–Crippen LogP) is 1.93. The highest BCUT2D eigenvalue weighted by Crippen LogP contribution is 2.20. The van der Waals surface area contributed by atoms with Crippen LogP contribution in [0.3, 0.4) is 0 Å². The number of ether oxygens (including phenoxy) is 3. The van der Waals surface area contributed by atoms with Crippen LogP contribution in [0.5, 0.6) is 5.75 Å². The highest BCUT2D eigenvalue weighted by atomic mass is 16.5. The van der Waals surface area contributed by atoms with Crippen molar-refractivity contribution in [1.82, 2.24) is 10.3 Å². The van der Waals surface area contributed by atoms with Gasteiger partial charge in [-0.25, -0.2) is 9.59 Å². The van der Waals surface area contributed by atoms with Crippen molar-refractivity contribution in [3.05, 3.63) is 52.3 Å². The van der Waals surface area contributed by atoms with E-state index >= 15 is 0 Å². The maximum Gasteiger partial charge on any atom is 0.355 e. The van der Waals surface area contributed by atoms with Crippen LogP contribution in [0, 0.1) is 13.8 Å². The minimum absolute atomic E-state index is 0.141. The Bertz CT molecular complexity index is 929. The molecule has 1 heterocycles. The lowest BCUT2D eigenvalue weighted by Gasteiger charge is -2.07. The molecule has 0 saturated carbocycles. The molecular weight excluding hydrogens is 380 g/mol. The second kappa shape index (κ2) is 9.54. The number of imide groups is 1. The first-order chi connectivity index (χ1) is 13.8. The minimum Gasteiger partial charge on any atom is -0.497 e. The van der Waals surface area contributed by atoms with E-state index in [1.54, 1.807) is 32.9 Å². The third-order valence-corrected chi connectivity index (χ3v) is 4.06. The van der Waals surface area contributed by atoms with Crippen LogP contribution in [0.25, 0.3) is 0 Å². The van der Waals surface area contributed by atoms with Crippen LogP contribution in [0.1, 0.15) is 49.4 Å². The number of esters is 2. The number of rotatable bonds is 7. The van der Waals surface area contributed by atoms with E-state index in [-0.39, 0.29) is 23.4 Å². The average Bonchev–Trinajstić information content (AvgIpc) is 3.00. The monoisotopic (exact) mass is 402 g/mol. The van der Waals surface area contributed by atoms with Crippen molar-refractivity contribution < 1.29 is 33.4 Å². The van der Waals surface area contributed by atoms with Gasteiger partial charge in [0.2, 0.25) is 0 Å². The van der Waals surface area contributed by atoms with Gasteiger partial charge in [-0.3, -0.25) is 14.9 Å². The zero-order valence-electron chi connectivity index (χ0n) is 16.6. The summed E-state index contributed by atoms with van der Waals surface area (Å²) in [6, 6.07) is 6.16. The van der Waals surface area contributed by atoms with Gasteiger partial charge >= 0.3 is 11.9 Å². The molecule has 0 aliphatic carbocycles. The summed E-state index contributed by atoms with van der Waals surface area (Å²) in [6.07, 6.45) is 0. The van der Waals surface area contributed by atoms with E-state index in [1.807, 2.05) is 0 Å². The molecule has 1 aromatic carbocycles. The van der Waals surface area contributed by atoms with Crippen molar-refractivity contribution in [2.75, 3.05) is 20.3 Å². The molecule has 0 spiro atoms. The maximum absolute atomic E-state index is 12.3. The summed E-state index contributed by atoms with van der Waals surface area (Å²) in [7, 11) is 1.50. The number of amides is 2. The van der Waals surface area contributed by atoms with Crippen LogP contribution >= 0.6 is 0 Å². The van der Waals surface area contributed by atoms with Crippen molar-refractivity contribution in [3.63, 3.8) is 0 Å². The molecular formula is C20H22N2O7. The molecule has 29 heavy (non-hydrogen) atoms. The summed E-state index contributed by atoms with van der Waals surface area (Å²) < 4.78 is 14.9. The zero-order valence-corrected chi connectivity index (χ0v) is 16.6. The number of nitrogens with one attached hydrogen (secondary N) is 2. The van der Waals surface area contributed by atoms with Gasteiger partial charge in [0.05, 0.1) is 19.3 Å². The van der Waals surface area contributed by atoms with Crippen molar-refractivity contribution in [2.24, 2.45) is 0 Å². The van der Waals surface area contributed by atoms with Crippen LogP contribution < -0.4 is 10.1 Å². The number of carbonyl (C=O) groups is 4. The lowest BCUT2D eigenvalue weighted by molar-refractivity contribution is -0.123. The van der Waals surface area contributed by atoms with E-state index in [4.69, 9.17) is 14.2 Å². The van der Waals surface area contributed by atoms with Crippen LogP contribution in [-0.2, 0) is 14.3 Å². The van der Waals surface area contributed by atoms with Crippen LogP contribution in [0.15, 0.2) is 24.3 Å². The summed E-state index contributed by atoms with van der Waals surface area (Å²) in [4.78, 5) is 51.0. The van der Waals surface area contributed by atoms with Gasteiger partial charge in [-0.2, -0.15) is 0 Å². The molecule has 0 bridgehead atoms. The van der Waals surface area contributed by atoms with E-state index in [9.17, 15) is 19.2 Å². The molecule has 154 valence electrons. The Balaban J connectivity index is 1.97. The lowest BCUT2D eigenvalue weighted by Crippen LogP contribution is -2.34. The second-order valence-corrected chi connectivity index (χ2v) is 6.03. The summed E-state index contributed by atoms with van der Waals surface area (Å²) in [6.45, 7) is 4.38. The fourth-order valence-corrected chi connectivity index (χ4v) is 2.64. The SMILES string of the molecule is CCOC(=O)c1[nH]c(C)c(C(=O)OCC(=O)NC(=O)c2ccc(OC)cc2)c1C. The van der Waals surface area contributed by atoms with Gasteiger partial charge in [-0.05, 0) is 50.6 Å². The van der Waals surface area contributed by atoms with Crippen molar-refractivity contribution in [1.29, 1.82) is 0 Å². The fraction of sp³-hybridized carbons (Fsp3) is 0.300. The van der Waals surface area contributed by atoms with Gasteiger partial charge in [-0.15, -0.1) is 0 Å². The minimum atomic E-state index is -0.793. The predicted molar refractivity (Wildman–Crippen MR) is 102 cm³/mol. The van der Waals surface area contributed by atoms with E-state index in [0.29, 0.717) is 17.0 Å². The van der Waals surface area contributed by atoms with Gasteiger partial charge in [-0.1, -0.05) is 0 Å². The van der Waals surface area contributed by atoms with E-state index in [1.165, 1.54) is 19.2 Å². The Hall–Kier alpha value is -3.62. The Morgan fingerprint density at radius 3 is 2.24 bits per heavy atom. The quantitative estimate of drug-likeness (QED) is 0.678. The van der Waals surface area contributed by atoms with Gasteiger partial charge in [0.25, 0.3) is 11.8 Å². The highest BCUT2D eigenvalue weighted by molar-refractivity contribution is 6.06. The molecule has 9 heteroatoms. The molecule has 1 aromatic heterocycles. The van der Waals surface area contributed by atoms with Crippen molar-refractivity contribution in [2.45, 2.75) is 20.8 Å². The Labute approximate surface area is 167 Å². The standard InChI is InChI=1S/C20H22N2O7/c1-5-28-20(26)17-11(2)16(12(3)21-17)19(25)29-10-15(23)22-18(24)13-6-8-14(27-4)9-7-13/h6-9,21H,5,10H2,1-4H3,(H,22,23,24). The molecule has 2 aromatic rings. The van der Waals surface area contributed by atoms with E-state index < -0.39 is 30.4 Å². The van der Waals surface area contributed by atoms with Gasteiger partial charge < -0.3 is 19.2 Å². The third-order valence-electron chi connectivity index (χ3n) is 4.06. The second-order valence-electron chi connectivity index (χ2n) is 6.03. The first-order valence-corrected chi connectivity index (χ1v) is 8.80. The summed E-state index contributed by atoms with van der Waals surface area (Å²) in [5.74, 6) is -2.22. The number of hydrogen-bond donors (Lipinski definition) is 2. The lowest BCUT2D eigenvalue weighted by atomic mass is 10.1.